The maximum Gasteiger partial charge on any atom is 0.252 e. The highest BCUT2D eigenvalue weighted by Gasteiger charge is 2.45. The number of anilines is 1. The Morgan fingerprint density at radius 1 is 1.19 bits per heavy atom. The van der Waals surface area contributed by atoms with Crippen LogP contribution in [0.5, 0.6) is 0 Å². The summed E-state index contributed by atoms with van der Waals surface area (Å²) < 4.78 is 0.935. The Morgan fingerprint density at radius 2 is 2.03 bits per heavy atom. The second-order valence-corrected chi connectivity index (χ2v) is 9.60. The molecule has 0 spiro atoms. The number of pyridine rings is 1. The lowest BCUT2D eigenvalue weighted by Crippen LogP contribution is -2.23. The monoisotopic (exact) mass is 469 g/mol. The van der Waals surface area contributed by atoms with Crippen LogP contribution >= 0.6 is 34.3 Å². The molecule has 0 saturated heterocycles. The first-order chi connectivity index (χ1) is 15.1. The number of rotatable bonds is 6. The zero-order valence-electron chi connectivity index (χ0n) is 16.0. The van der Waals surface area contributed by atoms with Crippen molar-refractivity contribution in [1.82, 2.24) is 20.3 Å². The third kappa shape index (κ3) is 4.30. The van der Waals surface area contributed by atoms with Crippen molar-refractivity contribution in [3.05, 3.63) is 69.7 Å². The minimum Gasteiger partial charge on any atom is -0.345 e. The fraction of sp³-hybridized carbons (Fsp3) is 0.190. The summed E-state index contributed by atoms with van der Waals surface area (Å²) in [6.45, 7) is 0.272. The lowest BCUT2D eigenvalue weighted by Gasteiger charge is -2.02. The number of thiophene rings is 2. The minimum atomic E-state index is -0.174. The summed E-state index contributed by atoms with van der Waals surface area (Å²) in [5, 5.41) is 9.86. The zero-order chi connectivity index (χ0) is 21.4. The summed E-state index contributed by atoms with van der Waals surface area (Å²) in [4.78, 5) is 38.4. The van der Waals surface area contributed by atoms with Crippen molar-refractivity contribution >= 4 is 61.2 Å². The molecule has 2 unspecified atom stereocenters. The average molecular weight is 470 g/mol. The number of carbonyl (C=O) groups is 2. The lowest BCUT2D eigenvalue weighted by atomic mass is 10.2. The van der Waals surface area contributed by atoms with Gasteiger partial charge in [-0.1, -0.05) is 11.6 Å². The van der Waals surface area contributed by atoms with E-state index in [1.54, 1.807) is 30.9 Å². The fourth-order valence-electron chi connectivity index (χ4n) is 3.35. The summed E-state index contributed by atoms with van der Waals surface area (Å²) in [6.07, 6.45) is 7.39. The van der Waals surface area contributed by atoms with Gasteiger partial charge in [0.1, 0.15) is 5.82 Å². The van der Waals surface area contributed by atoms with Gasteiger partial charge in [0.15, 0.2) is 0 Å². The predicted molar refractivity (Wildman–Crippen MR) is 122 cm³/mol. The Bertz CT molecular complexity index is 1270. The molecule has 2 amide bonds. The van der Waals surface area contributed by atoms with E-state index in [1.165, 1.54) is 22.7 Å². The number of carbonyl (C=O) groups excluding carboxylic acids is 2. The third-order valence-electron chi connectivity index (χ3n) is 5.05. The van der Waals surface area contributed by atoms with E-state index in [2.05, 4.69) is 25.6 Å². The molecule has 0 aliphatic heterocycles. The Labute approximate surface area is 190 Å². The molecule has 5 rings (SSSR count). The van der Waals surface area contributed by atoms with Crippen LogP contribution in [0.15, 0.2) is 48.4 Å². The van der Waals surface area contributed by atoms with Gasteiger partial charge in [-0.05, 0) is 24.6 Å². The lowest BCUT2D eigenvalue weighted by molar-refractivity contribution is -0.117. The smallest absolute Gasteiger partial charge is 0.252 e. The molecule has 2 atom stereocenters. The van der Waals surface area contributed by atoms with Crippen LogP contribution in [0.2, 0.25) is 5.02 Å². The number of fused-ring (bicyclic) bond motifs is 1. The molecule has 7 nitrogen and oxygen atoms in total. The standard InChI is InChI=1S/C21H16ClN5O2S2/c22-15-7-23-8-17-14(15)6-19(31-17)27-21(29)13-5-12(13)16-4-11(10-30-16)20(28)26-9-18-24-2-1-3-25-18/h1-4,6-8,10,12-13H,5,9H2,(H,26,28)(H,27,29). The number of nitrogens with one attached hydrogen (secondary N) is 2. The van der Waals surface area contributed by atoms with Crippen LogP contribution in [0, 0.1) is 5.92 Å². The number of halogens is 1. The minimum absolute atomic E-state index is 0.0127. The Hall–Kier alpha value is -2.88. The van der Waals surface area contributed by atoms with Crippen molar-refractivity contribution in [3.8, 4) is 0 Å². The van der Waals surface area contributed by atoms with E-state index in [0.29, 0.717) is 16.4 Å². The number of nitrogens with zero attached hydrogens (tertiary/aromatic N) is 3. The van der Waals surface area contributed by atoms with E-state index in [1.807, 2.05) is 17.5 Å². The summed E-state index contributed by atoms with van der Waals surface area (Å²) in [5.74, 6) is 0.423. The predicted octanol–water partition coefficient (Wildman–Crippen LogP) is 4.47. The molecule has 2 N–H and O–H groups in total. The van der Waals surface area contributed by atoms with Crippen LogP contribution in [0.25, 0.3) is 10.1 Å². The van der Waals surface area contributed by atoms with Gasteiger partial charge in [-0.2, -0.15) is 0 Å². The van der Waals surface area contributed by atoms with E-state index >= 15 is 0 Å². The van der Waals surface area contributed by atoms with Crippen LogP contribution in [0.1, 0.15) is 33.4 Å². The first-order valence-corrected chi connectivity index (χ1v) is 11.6. The van der Waals surface area contributed by atoms with Crippen molar-refractivity contribution in [2.75, 3.05) is 5.32 Å². The van der Waals surface area contributed by atoms with E-state index < -0.39 is 0 Å². The van der Waals surface area contributed by atoms with E-state index in [4.69, 9.17) is 11.6 Å². The van der Waals surface area contributed by atoms with Crippen molar-refractivity contribution in [2.24, 2.45) is 5.92 Å². The number of hydrogen-bond donors (Lipinski definition) is 2. The molecule has 1 saturated carbocycles. The largest absolute Gasteiger partial charge is 0.345 e. The molecule has 4 aromatic rings. The molecule has 10 heteroatoms. The maximum absolute atomic E-state index is 12.7. The van der Waals surface area contributed by atoms with E-state index in [0.717, 1.165) is 26.4 Å². The topological polar surface area (TPSA) is 96.9 Å². The first kappa shape index (κ1) is 20.0. The average Bonchev–Trinajstić information content (AvgIpc) is 3.23. The quantitative estimate of drug-likeness (QED) is 0.434. The first-order valence-electron chi connectivity index (χ1n) is 9.55. The Morgan fingerprint density at radius 3 is 2.84 bits per heavy atom. The van der Waals surface area contributed by atoms with Crippen molar-refractivity contribution in [3.63, 3.8) is 0 Å². The molecule has 0 radical (unpaired) electrons. The van der Waals surface area contributed by atoms with Gasteiger partial charge < -0.3 is 10.6 Å². The highest BCUT2D eigenvalue weighted by molar-refractivity contribution is 7.23. The molecule has 1 fully saturated rings. The van der Waals surface area contributed by atoms with Crippen LogP contribution in [-0.2, 0) is 11.3 Å². The number of aromatic nitrogens is 3. The van der Waals surface area contributed by atoms with Crippen LogP contribution in [-0.4, -0.2) is 26.8 Å². The summed E-state index contributed by atoms with van der Waals surface area (Å²) in [5.41, 5.74) is 0.591. The fourth-order valence-corrected chi connectivity index (χ4v) is 5.65. The molecular formula is C21H16ClN5O2S2. The van der Waals surface area contributed by atoms with E-state index in [-0.39, 0.29) is 30.2 Å². The van der Waals surface area contributed by atoms with Gasteiger partial charge in [-0.25, -0.2) is 9.97 Å². The van der Waals surface area contributed by atoms with Gasteiger partial charge in [0.2, 0.25) is 5.91 Å². The van der Waals surface area contributed by atoms with Gasteiger partial charge in [0, 0.05) is 52.3 Å². The third-order valence-corrected chi connectivity index (χ3v) is 7.40. The van der Waals surface area contributed by atoms with Gasteiger partial charge in [0.05, 0.1) is 26.8 Å². The van der Waals surface area contributed by atoms with Crippen LogP contribution in [0.3, 0.4) is 0 Å². The van der Waals surface area contributed by atoms with Crippen molar-refractivity contribution < 1.29 is 9.59 Å². The second kappa shape index (κ2) is 8.33. The summed E-state index contributed by atoms with van der Waals surface area (Å²) in [6, 6.07) is 5.48. The number of hydrogen-bond acceptors (Lipinski definition) is 7. The molecule has 4 aromatic heterocycles. The zero-order valence-corrected chi connectivity index (χ0v) is 18.4. The number of amides is 2. The van der Waals surface area contributed by atoms with Crippen LogP contribution < -0.4 is 10.6 Å². The molecule has 1 aliphatic carbocycles. The summed E-state index contributed by atoms with van der Waals surface area (Å²) >= 11 is 9.13. The highest BCUT2D eigenvalue weighted by Crippen LogP contribution is 2.50. The van der Waals surface area contributed by atoms with Crippen molar-refractivity contribution in [2.45, 2.75) is 18.9 Å². The highest BCUT2D eigenvalue weighted by atomic mass is 35.5. The van der Waals surface area contributed by atoms with Crippen LogP contribution in [0.4, 0.5) is 5.00 Å². The molecular weight excluding hydrogens is 454 g/mol. The maximum atomic E-state index is 12.7. The van der Waals surface area contributed by atoms with Gasteiger partial charge in [-0.15, -0.1) is 22.7 Å². The normalized spacial score (nSPS) is 17.5. The molecule has 156 valence electrons. The Kier molecular flexibility index (Phi) is 5.39. The van der Waals surface area contributed by atoms with Gasteiger partial charge in [-0.3, -0.25) is 14.6 Å². The van der Waals surface area contributed by atoms with Gasteiger partial charge in [0.25, 0.3) is 5.91 Å². The second-order valence-electron chi connectivity index (χ2n) is 7.17. The molecule has 0 bridgehead atoms. The molecule has 0 aromatic carbocycles. The van der Waals surface area contributed by atoms with Gasteiger partial charge >= 0.3 is 0 Å². The van der Waals surface area contributed by atoms with Crippen molar-refractivity contribution in [1.29, 1.82) is 0 Å². The molecule has 4 heterocycles. The molecule has 31 heavy (non-hydrogen) atoms. The summed E-state index contributed by atoms with van der Waals surface area (Å²) in [7, 11) is 0. The van der Waals surface area contributed by atoms with E-state index in [9.17, 15) is 9.59 Å². The molecule has 1 aliphatic rings. The SMILES string of the molecule is O=C(NCc1ncccn1)c1csc(C2CC2C(=O)Nc2cc3c(Cl)cncc3s2)c1. The Balaban J connectivity index is 1.19.